The summed E-state index contributed by atoms with van der Waals surface area (Å²) in [6, 6.07) is 13.8. The number of halogens is 1. The van der Waals surface area contributed by atoms with Crippen LogP contribution in [-0.4, -0.2) is 43.3 Å². The standard InChI is InChI=1S/C25H25ClN6O5S/c1-16-14-28-24(38-16)37-20-8-6-19(7-9-20)29-22-30-23(35)31(12-10-21(34)27-11-13-33)25(36)32(22)15-17-2-4-18(26)5-3-17/h2-9,14,33H,10-13,15H2,1H3,(H,27,34)(H,29,30,35). The Balaban J connectivity index is 1.60. The molecule has 198 valence electrons. The maximum absolute atomic E-state index is 13.4. The second-order valence-electron chi connectivity index (χ2n) is 8.18. The number of hydrogen-bond donors (Lipinski definition) is 3. The maximum Gasteiger partial charge on any atom is 0.354 e. The van der Waals surface area contributed by atoms with Crippen LogP contribution in [0.15, 0.2) is 64.3 Å². The van der Waals surface area contributed by atoms with Crippen molar-refractivity contribution < 1.29 is 14.6 Å². The molecule has 0 atom stereocenters. The van der Waals surface area contributed by atoms with Crippen molar-refractivity contribution in [3.8, 4) is 10.9 Å². The highest BCUT2D eigenvalue weighted by Gasteiger charge is 2.15. The predicted octanol–water partition coefficient (Wildman–Crippen LogP) is 2.91. The van der Waals surface area contributed by atoms with E-state index in [2.05, 4.69) is 20.6 Å². The second kappa shape index (κ2) is 12.5. The summed E-state index contributed by atoms with van der Waals surface area (Å²) in [5.74, 6) is 0.221. The van der Waals surface area contributed by atoms with E-state index in [0.29, 0.717) is 21.7 Å². The molecule has 4 aromatic rings. The molecule has 0 unspecified atom stereocenters. The fraction of sp³-hybridized carbons (Fsp3) is 0.240. The second-order valence-corrected chi connectivity index (χ2v) is 9.81. The Labute approximate surface area is 226 Å². The summed E-state index contributed by atoms with van der Waals surface area (Å²) in [6.45, 7) is 1.76. The number of amides is 1. The van der Waals surface area contributed by atoms with Crippen molar-refractivity contribution >= 4 is 40.5 Å². The lowest BCUT2D eigenvalue weighted by atomic mass is 10.2. The monoisotopic (exact) mass is 556 g/mol. The largest absolute Gasteiger partial charge is 0.431 e. The molecule has 0 radical (unpaired) electrons. The molecule has 38 heavy (non-hydrogen) atoms. The minimum Gasteiger partial charge on any atom is -0.431 e. The lowest BCUT2D eigenvalue weighted by Gasteiger charge is -2.16. The normalized spacial score (nSPS) is 10.8. The van der Waals surface area contributed by atoms with Crippen molar-refractivity contribution in [3.63, 3.8) is 0 Å². The van der Waals surface area contributed by atoms with Gasteiger partial charge in [-0.15, -0.1) is 0 Å². The molecule has 2 aromatic carbocycles. The fourth-order valence-electron chi connectivity index (χ4n) is 3.45. The Morgan fingerprint density at radius 3 is 2.50 bits per heavy atom. The highest BCUT2D eigenvalue weighted by molar-refractivity contribution is 7.13. The molecule has 0 aliphatic rings. The highest BCUT2D eigenvalue weighted by atomic mass is 35.5. The van der Waals surface area contributed by atoms with Gasteiger partial charge in [-0.25, -0.2) is 19.1 Å². The first-order valence-electron chi connectivity index (χ1n) is 11.6. The topological polar surface area (TPSA) is 140 Å². The molecule has 0 saturated heterocycles. The molecular formula is C25H25ClN6O5S. The van der Waals surface area contributed by atoms with Crippen LogP contribution in [0.3, 0.4) is 0 Å². The molecule has 4 rings (SSSR count). The Morgan fingerprint density at radius 1 is 1.11 bits per heavy atom. The van der Waals surface area contributed by atoms with E-state index in [1.807, 2.05) is 6.92 Å². The molecule has 0 saturated carbocycles. The van der Waals surface area contributed by atoms with Gasteiger partial charge in [0.1, 0.15) is 5.75 Å². The van der Waals surface area contributed by atoms with Crippen LogP contribution in [0.4, 0.5) is 11.6 Å². The maximum atomic E-state index is 13.4. The van der Waals surface area contributed by atoms with Crippen LogP contribution in [0.25, 0.3) is 0 Å². The average molecular weight is 557 g/mol. The van der Waals surface area contributed by atoms with E-state index in [0.717, 1.165) is 15.0 Å². The Bertz CT molecular complexity index is 1520. The van der Waals surface area contributed by atoms with Gasteiger partial charge in [0.25, 0.3) is 5.19 Å². The average Bonchev–Trinajstić information content (AvgIpc) is 3.31. The lowest BCUT2D eigenvalue weighted by Crippen LogP contribution is -2.43. The van der Waals surface area contributed by atoms with Crippen LogP contribution in [0.2, 0.25) is 5.02 Å². The van der Waals surface area contributed by atoms with Crippen molar-refractivity contribution in [1.82, 2.24) is 24.4 Å². The molecular weight excluding hydrogens is 532 g/mol. The van der Waals surface area contributed by atoms with Gasteiger partial charge in [0, 0.05) is 41.3 Å². The summed E-state index contributed by atoms with van der Waals surface area (Å²) >= 11 is 7.43. The molecule has 2 aromatic heterocycles. The Morgan fingerprint density at radius 2 is 1.84 bits per heavy atom. The van der Waals surface area contributed by atoms with Crippen LogP contribution < -0.4 is 26.7 Å². The van der Waals surface area contributed by atoms with Gasteiger partial charge in [-0.2, -0.15) is 4.98 Å². The van der Waals surface area contributed by atoms with Crippen molar-refractivity contribution in [3.05, 3.63) is 91.2 Å². The first-order chi connectivity index (χ1) is 18.3. The first kappa shape index (κ1) is 27.0. The van der Waals surface area contributed by atoms with Gasteiger partial charge >= 0.3 is 11.4 Å². The zero-order chi connectivity index (χ0) is 27.1. The van der Waals surface area contributed by atoms with Crippen LogP contribution in [0.1, 0.15) is 16.9 Å². The lowest BCUT2D eigenvalue weighted by molar-refractivity contribution is -0.121. The smallest absolute Gasteiger partial charge is 0.354 e. The van der Waals surface area contributed by atoms with Crippen molar-refractivity contribution in [1.29, 1.82) is 0 Å². The SMILES string of the molecule is Cc1cnc(Oc2ccc(Nc3nc(=O)n(CCC(=O)NCCO)c(=O)n3Cc3ccc(Cl)cc3)cc2)s1. The Kier molecular flexibility index (Phi) is 8.89. The van der Waals surface area contributed by atoms with E-state index < -0.39 is 17.3 Å². The molecule has 0 fully saturated rings. The summed E-state index contributed by atoms with van der Waals surface area (Å²) in [5.41, 5.74) is -0.0879. The molecule has 11 nitrogen and oxygen atoms in total. The molecule has 1 amide bonds. The third kappa shape index (κ3) is 7.06. The zero-order valence-corrected chi connectivity index (χ0v) is 22.0. The molecule has 0 aliphatic heterocycles. The third-order valence-electron chi connectivity index (χ3n) is 5.32. The molecule has 0 aliphatic carbocycles. The number of anilines is 2. The molecule has 2 heterocycles. The van der Waals surface area contributed by atoms with Gasteiger partial charge in [-0.05, 0) is 48.9 Å². The molecule has 13 heteroatoms. The summed E-state index contributed by atoms with van der Waals surface area (Å²) in [5, 5.41) is 15.5. The van der Waals surface area contributed by atoms with Gasteiger partial charge in [-0.1, -0.05) is 35.1 Å². The van der Waals surface area contributed by atoms with E-state index in [1.165, 1.54) is 15.9 Å². The summed E-state index contributed by atoms with van der Waals surface area (Å²) < 4.78 is 7.97. The van der Waals surface area contributed by atoms with Crippen LogP contribution in [-0.2, 0) is 17.9 Å². The number of rotatable bonds is 11. The first-order valence-corrected chi connectivity index (χ1v) is 12.8. The van der Waals surface area contributed by atoms with Gasteiger partial charge in [-0.3, -0.25) is 9.36 Å². The number of ether oxygens (including phenoxy) is 1. The minimum absolute atomic E-state index is 0.0418. The fourth-order valence-corrected chi connectivity index (χ4v) is 4.20. The number of aliphatic hydroxyl groups is 1. The van der Waals surface area contributed by atoms with E-state index in [-0.39, 0.29) is 38.6 Å². The number of aliphatic hydroxyl groups excluding tert-OH is 1. The van der Waals surface area contributed by atoms with Gasteiger partial charge < -0.3 is 20.5 Å². The van der Waals surface area contributed by atoms with E-state index >= 15 is 0 Å². The quantitative estimate of drug-likeness (QED) is 0.256. The van der Waals surface area contributed by atoms with Crippen molar-refractivity contribution in [2.45, 2.75) is 26.4 Å². The number of nitrogens with one attached hydrogen (secondary N) is 2. The van der Waals surface area contributed by atoms with Gasteiger partial charge in [0.2, 0.25) is 11.9 Å². The summed E-state index contributed by atoms with van der Waals surface area (Å²) in [6.07, 6.45) is 1.61. The number of thiazole rings is 1. The molecule has 0 spiro atoms. The van der Waals surface area contributed by atoms with Gasteiger partial charge in [0.15, 0.2) is 0 Å². The number of carbonyl (C=O) groups excluding carboxylic acids is 1. The molecule has 3 N–H and O–H groups in total. The minimum atomic E-state index is -0.793. The number of aromatic nitrogens is 4. The number of aryl methyl sites for hydroxylation is 1. The molecule has 0 bridgehead atoms. The van der Waals surface area contributed by atoms with Crippen LogP contribution >= 0.6 is 22.9 Å². The Hall–Kier alpha value is -4.00. The van der Waals surface area contributed by atoms with Crippen LogP contribution in [0, 0.1) is 6.92 Å². The zero-order valence-electron chi connectivity index (χ0n) is 20.4. The van der Waals surface area contributed by atoms with Crippen molar-refractivity contribution in [2.24, 2.45) is 0 Å². The van der Waals surface area contributed by atoms with E-state index in [4.69, 9.17) is 21.4 Å². The number of hydrogen-bond acceptors (Lipinski definition) is 9. The number of carbonyl (C=O) groups is 1. The van der Waals surface area contributed by atoms with E-state index in [1.54, 1.807) is 54.7 Å². The van der Waals surface area contributed by atoms with Crippen LogP contribution in [0.5, 0.6) is 10.9 Å². The third-order valence-corrected chi connectivity index (χ3v) is 6.36. The van der Waals surface area contributed by atoms with Gasteiger partial charge in [0.05, 0.1) is 13.2 Å². The highest BCUT2D eigenvalue weighted by Crippen LogP contribution is 2.27. The van der Waals surface area contributed by atoms with E-state index in [9.17, 15) is 14.4 Å². The number of nitrogens with zero attached hydrogens (tertiary/aromatic N) is 4. The summed E-state index contributed by atoms with van der Waals surface area (Å²) in [7, 11) is 0. The summed E-state index contributed by atoms with van der Waals surface area (Å²) in [4.78, 5) is 47.4. The van der Waals surface area contributed by atoms with Crippen molar-refractivity contribution in [2.75, 3.05) is 18.5 Å². The number of benzene rings is 2. The predicted molar refractivity (Wildman–Crippen MR) is 145 cm³/mol.